The molecule has 1 atom stereocenters. The summed E-state index contributed by atoms with van der Waals surface area (Å²) in [5.74, 6) is 0.513. The number of benzene rings is 1. The molecule has 1 aliphatic carbocycles. The van der Waals surface area contributed by atoms with E-state index in [0.29, 0.717) is 10.6 Å². The predicted octanol–water partition coefficient (Wildman–Crippen LogP) is 3.94. The van der Waals surface area contributed by atoms with Crippen molar-refractivity contribution in [1.29, 1.82) is 0 Å². The average molecular weight is 386 g/mol. The maximum absolute atomic E-state index is 14.6. The number of nitrogens with one attached hydrogen (secondary N) is 2. The Morgan fingerprint density at radius 3 is 2.93 bits per heavy atom. The van der Waals surface area contributed by atoms with E-state index in [2.05, 4.69) is 22.2 Å². The average Bonchev–Trinajstić information content (AvgIpc) is 2.64. The lowest BCUT2D eigenvalue weighted by Gasteiger charge is -2.29. The predicted molar refractivity (Wildman–Crippen MR) is 112 cm³/mol. The molecule has 0 amide bonds. The lowest BCUT2D eigenvalue weighted by atomic mass is 9.91. The van der Waals surface area contributed by atoms with Crippen LogP contribution in [0.2, 0.25) is 0 Å². The number of allylic oxidation sites excluding steroid dienone is 4. The van der Waals surface area contributed by atoms with Crippen LogP contribution >= 0.6 is 11.8 Å². The molecular formula is C20H24FN5S. The fourth-order valence-corrected chi connectivity index (χ4v) is 3.97. The molecule has 0 radical (unpaired) electrons. The van der Waals surface area contributed by atoms with E-state index in [9.17, 15) is 4.39 Å². The van der Waals surface area contributed by atoms with E-state index < -0.39 is 6.29 Å². The highest BCUT2D eigenvalue weighted by atomic mass is 32.2. The maximum atomic E-state index is 14.6. The summed E-state index contributed by atoms with van der Waals surface area (Å²) in [7, 11) is 0. The molecule has 0 saturated heterocycles. The molecule has 27 heavy (non-hydrogen) atoms. The number of fused-ring (bicyclic) bond motifs is 1. The molecule has 1 aromatic carbocycles. The van der Waals surface area contributed by atoms with Gasteiger partial charge in [-0.2, -0.15) is 0 Å². The van der Waals surface area contributed by atoms with Crippen molar-refractivity contribution in [3.8, 4) is 0 Å². The quantitative estimate of drug-likeness (QED) is 0.440. The molecule has 0 spiro atoms. The Bertz CT molecular complexity index is 841. The number of rotatable bonds is 6. The van der Waals surface area contributed by atoms with Crippen molar-refractivity contribution in [2.75, 3.05) is 5.32 Å². The molecule has 1 unspecified atom stereocenters. The number of aliphatic imine (C=N–C) groups is 1. The molecule has 3 rings (SSSR count). The van der Waals surface area contributed by atoms with Gasteiger partial charge in [0, 0.05) is 26.8 Å². The van der Waals surface area contributed by atoms with Gasteiger partial charge < -0.3 is 16.4 Å². The Hall–Kier alpha value is -2.51. The summed E-state index contributed by atoms with van der Waals surface area (Å²) in [6.45, 7) is 3.66. The van der Waals surface area contributed by atoms with E-state index in [1.54, 1.807) is 24.3 Å². The number of nitrogens with two attached hydrogens (primary N) is 2. The summed E-state index contributed by atoms with van der Waals surface area (Å²) in [6.07, 6.45) is 10.2. The van der Waals surface area contributed by atoms with Crippen LogP contribution in [0.5, 0.6) is 0 Å². The molecule has 142 valence electrons. The summed E-state index contributed by atoms with van der Waals surface area (Å²) >= 11 is 1.29. The van der Waals surface area contributed by atoms with Crippen LogP contribution in [-0.2, 0) is 0 Å². The summed E-state index contributed by atoms with van der Waals surface area (Å²) in [5, 5.41) is 6.43. The number of halogens is 1. The summed E-state index contributed by atoms with van der Waals surface area (Å²) in [4.78, 5) is 5.79. The molecule has 1 saturated carbocycles. The third kappa shape index (κ3) is 4.81. The van der Waals surface area contributed by atoms with Gasteiger partial charge in [-0.05, 0) is 62.2 Å². The number of nitrogens with zero attached hydrogens (tertiary/aromatic N) is 1. The second kappa shape index (κ2) is 8.92. The van der Waals surface area contributed by atoms with Gasteiger partial charge in [0.05, 0.1) is 0 Å². The van der Waals surface area contributed by atoms with Crippen molar-refractivity contribution in [2.45, 2.75) is 36.9 Å². The van der Waals surface area contributed by atoms with Gasteiger partial charge in [-0.15, -0.1) is 0 Å². The zero-order valence-electron chi connectivity index (χ0n) is 15.0. The van der Waals surface area contributed by atoms with Gasteiger partial charge in [0.25, 0.3) is 0 Å². The minimum Gasteiger partial charge on any atom is -0.405 e. The summed E-state index contributed by atoms with van der Waals surface area (Å²) < 4.78 is 14.6. The Balaban J connectivity index is 1.80. The smallest absolute Gasteiger partial charge is 0.172 e. The van der Waals surface area contributed by atoms with Crippen molar-refractivity contribution in [3.05, 3.63) is 71.3 Å². The molecule has 1 aromatic rings. The normalized spacial score (nSPS) is 20.1. The van der Waals surface area contributed by atoms with Gasteiger partial charge in [-0.1, -0.05) is 24.4 Å². The molecule has 5 nitrogen and oxygen atoms in total. The van der Waals surface area contributed by atoms with Crippen LogP contribution in [-0.4, -0.2) is 12.0 Å². The van der Waals surface area contributed by atoms with E-state index >= 15 is 0 Å². The minimum atomic E-state index is -0.473. The van der Waals surface area contributed by atoms with Crippen molar-refractivity contribution < 1.29 is 4.39 Å². The molecular weight excluding hydrogens is 361 g/mol. The van der Waals surface area contributed by atoms with Crippen LogP contribution in [0.15, 0.2) is 75.4 Å². The number of thioether (sulfide) groups is 1. The Morgan fingerprint density at radius 1 is 1.37 bits per heavy atom. The molecule has 0 bridgehead atoms. The van der Waals surface area contributed by atoms with Crippen LogP contribution in [0.3, 0.4) is 0 Å². The highest BCUT2D eigenvalue weighted by Crippen LogP contribution is 2.32. The Morgan fingerprint density at radius 2 is 2.19 bits per heavy atom. The third-order valence-corrected chi connectivity index (χ3v) is 5.36. The lowest BCUT2D eigenvalue weighted by Crippen LogP contribution is -2.43. The highest BCUT2D eigenvalue weighted by Gasteiger charge is 2.23. The largest absolute Gasteiger partial charge is 0.405 e. The molecule has 7 heteroatoms. The van der Waals surface area contributed by atoms with Crippen molar-refractivity contribution >= 4 is 23.2 Å². The number of hydrogen-bond acceptors (Lipinski definition) is 6. The second-order valence-electron chi connectivity index (χ2n) is 6.26. The van der Waals surface area contributed by atoms with Crippen LogP contribution in [0, 0.1) is 5.82 Å². The van der Waals surface area contributed by atoms with Gasteiger partial charge in [0.15, 0.2) is 6.29 Å². The van der Waals surface area contributed by atoms with Gasteiger partial charge in [0.1, 0.15) is 11.6 Å². The topological polar surface area (TPSA) is 88.5 Å². The lowest BCUT2D eigenvalue weighted by molar-refractivity contribution is 0.581. The van der Waals surface area contributed by atoms with Crippen LogP contribution in [0.25, 0.3) is 0 Å². The molecule has 1 aliphatic heterocycles. The Kier molecular flexibility index (Phi) is 6.36. The Labute approximate surface area is 163 Å². The summed E-state index contributed by atoms with van der Waals surface area (Å²) in [5.41, 5.74) is 14.3. The van der Waals surface area contributed by atoms with Gasteiger partial charge in [-0.3, -0.25) is 10.7 Å². The first kappa shape index (κ1) is 19.3. The molecule has 0 aromatic heterocycles. The third-order valence-electron chi connectivity index (χ3n) is 4.30. The minimum absolute atomic E-state index is 0.311. The number of anilines is 1. The SMILES string of the molecule is C=C/C=C(\C=C/N)Sc1ccc(NC2=C3CCCCC3=NC(N)N2)cc1F. The monoisotopic (exact) mass is 385 g/mol. The first-order valence-corrected chi connectivity index (χ1v) is 9.70. The molecule has 1 fully saturated rings. The summed E-state index contributed by atoms with van der Waals surface area (Å²) in [6, 6.07) is 5.07. The van der Waals surface area contributed by atoms with Gasteiger partial charge in [0.2, 0.25) is 0 Å². The first-order chi connectivity index (χ1) is 13.1. The zero-order valence-corrected chi connectivity index (χ0v) is 15.9. The fourth-order valence-electron chi connectivity index (χ4n) is 3.12. The van der Waals surface area contributed by atoms with Crippen molar-refractivity contribution in [3.63, 3.8) is 0 Å². The van der Waals surface area contributed by atoms with Crippen molar-refractivity contribution in [2.24, 2.45) is 16.5 Å². The van der Waals surface area contributed by atoms with Gasteiger partial charge >= 0.3 is 0 Å². The van der Waals surface area contributed by atoms with Crippen LogP contribution < -0.4 is 22.1 Å². The van der Waals surface area contributed by atoms with Crippen LogP contribution in [0.4, 0.5) is 10.1 Å². The molecule has 6 N–H and O–H groups in total. The fraction of sp³-hybridized carbons (Fsp3) is 0.250. The van der Waals surface area contributed by atoms with E-state index in [1.807, 2.05) is 6.07 Å². The van der Waals surface area contributed by atoms with E-state index in [4.69, 9.17) is 11.5 Å². The van der Waals surface area contributed by atoms with Crippen LogP contribution in [0.1, 0.15) is 25.7 Å². The van der Waals surface area contributed by atoms with Crippen molar-refractivity contribution in [1.82, 2.24) is 5.32 Å². The van der Waals surface area contributed by atoms with E-state index in [0.717, 1.165) is 47.7 Å². The maximum Gasteiger partial charge on any atom is 0.172 e. The first-order valence-electron chi connectivity index (χ1n) is 8.88. The zero-order chi connectivity index (χ0) is 19.2. The standard InChI is InChI=1S/C20H24FN5S/c1-2-5-14(10-11-22)27-18-9-8-13(12-16(18)21)24-19-15-6-3-4-7-17(15)25-20(23)26-19/h2,5,8-12,20,24,26H,1,3-4,6-7,22-23H2/b11-10-,14-5+. The van der Waals surface area contributed by atoms with E-state index in [1.165, 1.54) is 24.0 Å². The van der Waals surface area contributed by atoms with Gasteiger partial charge in [-0.25, -0.2) is 4.39 Å². The highest BCUT2D eigenvalue weighted by molar-refractivity contribution is 8.03. The molecule has 1 heterocycles. The van der Waals surface area contributed by atoms with E-state index in [-0.39, 0.29) is 5.82 Å². The molecule has 2 aliphatic rings. The number of hydrogen-bond donors (Lipinski definition) is 4. The second-order valence-corrected chi connectivity index (χ2v) is 7.38.